The van der Waals surface area contributed by atoms with Gasteiger partial charge in [-0.25, -0.2) is 0 Å². The highest BCUT2D eigenvalue weighted by molar-refractivity contribution is 6.06. The monoisotopic (exact) mass is 279 g/mol. The van der Waals surface area contributed by atoms with Gasteiger partial charge in [-0.3, -0.25) is 14.5 Å². The Hall–Kier alpha value is -1.90. The molecule has 0 aromatic heterocycles. The summed E-state index contributed by atoms with van der Waals surface area (Å²) in [5.74, 6) is 0.640. The number of imide groups is 1. The predicted molar refractivity (Wildman–Crippen MR) is 76.8 cm³/mol. The fourth-order valence-corrected chi connectivity index (χ4v) is 5.06. The van der Waals surface area contributed by atoms with E-state index in [1.165, 1.54) is 17.7 Å². The molecule has 1 aliphatic heterocycles. The van der Waals surface area contributed by atoms with Crippen molar-refractivity contribution in [2.24, 2.45) is 29.1 Å². The number of nitrogens with zero attached hydrogens (tertiary/aromatic N) is 1. The summed E-state index contributed by atoms with van der Waals surface area (Å²) in [4.78, 5) is 27.1. The summed E-state index contributed by atoms with van der Waals surface area (Å²) in [6, 6.07) is 9.80. The molecule has 4 aliphatic rings. The molecule has 3 aliphatic carbocycles. The maximum absolute atomic E-state index is 12.8. The molecule has 5 rings (SSSR count). The molecule has 1 aromatic rings. The molecule has 21 heavy (non-hydrogen) atoms. The summed E-state index contributed by atoms with van der Waals surface area (Å²) in [5.41, 5.74) is 1.32. The van der Waals surface area contributed by atoms with E-state index in [-0.39, 0.29) is 23.7 Å². The van der Waals surface area contributed by atoms with E-state index >= 15 is 0 Å². The lowest BCUT2D eigenvalue weighted by molar-refractivity contribution is -0.141. The van der Waals surface area contributed by atoms with Crippen molar-refractivity contribution in [3.05, 3.63) is 48.0 Å². The minimum atomic E-state index is -0.0706. The Morgan fingerprint density at radius 3 is 2.05 bits per heavy atom. The van der Waals surface area contributed by atoms with E-state index in [2.05, 4.69) is 12.2 Å². The Kier molecular flexibility index (Phi) is 2.04. The zero-order chi connectivity index (χ0) is 14.2. The SMILES string of the molecule is O=C1[C@H]2[C@H](C(=O)N1Cc1ccccc1)[C@H]1C=C[C@H]2C12CC2. The summed E-state index contributed by atoms with van der Waals surface area (Å²) in [7, 11) is 0. The van der Waals surface area contributed by atoms with Crippen LogP contribution in [0.1, 0.15) is 18.4 Å². The van der Waals surface area contributed by atoms with Gasteiger partial charge in [0.1, 0.15) is 0 Å². The van der Waals surface area contributed by atoms with Crippen LogP contribution >= 0.6 is 0 Å². The van der Waals surface area contributed by atoms with E-state index in [1.807, 2.05) is 30.3 Å². The van der Waals surface area contributed by atoms with Crippen LogP contribution in [0.15, 0.2) is 42.5 Å². The van der Waals surface area contributed by atoms with Crippen molar-refractivity contribution in [2.45, 2.75) is 19.4 Å². The van der Waals surface area contributed by atoms with Gasteiger partial charge in [0, 0.05) is 0 Å². The molecule has 2 bridgehead atoms. The molecule has 3 fully saturated rings. The summed E-state index contributed by atoms with van der Waals surface area (Å²) in [5, 5.41) is 0. The Bertz CT molecular complexity index is 640. The van der Waals surface area contributed by atoms with Crippen molar-refractivity contribution < 1.29 is 9.59 Å². The van der Waals surface area contributed by atoms with Crippen molar-refractivity contribution in [3.63, 3.8) is 0 Å². The molecule has 1 heterocycles. The number of hydrogen-bond acceptors (Lipinski definition) is 2. The smallest absolute Gasteiger partial charge is 0.234 e. The molecule has 2 saturated carbocycles. The molecular weight excluding hydrogens is 262 g/mol. The lowest BCUT2D eigenvalue weighted by atomic mass is 9.85. The maximum atomic E-state index is 12.8. The van der Waals surface area contributed by atoms with Crippen molar-refractivity contribution in [1.29, 1.82) is 0 Å². The fraction of sp³-hybridized carbons (Fsp3) is 0.444. The standard InChI is InChI=1S/C18H17NO2/c20-16-14-12-6-7-13(18(12)8-9-18)15(14)17(21)19(16)10-11-4-2-1-3-5-11/h1-7,12-15H,8-10H2/t12-,13-,14-,15-/m1/s1. The van der Waals surface area contributed by atoms with Gasteiger partial charge in [-0.2, -0.15) is 0 Å². The number of carbonyl (C=O) groups is 2. The van der Waals surface area contributed by atoms with Gasteiger partial charge in [-0.1, -0.05) is 42.5 Å². The van der Waals surface area contributed by atoms with Gasteiger partial charge in [0.2, 0.25) is 11.8 Å². The molecule has 0 N–H and O–H groups in total. The van der Waals surface area contributed by atoms with Gasteiger partial charge in [0.15, 0.2) is 0 Å². The van der Waals surface area contributed by atoms with Crippen LogP contribution in [0.5, 0.6) is 0 Å². The third-order valence-corrected chi connectivity index (χ3v) is 6.13. The Morgan fingerprint density at radius 1 is 0.952 bits per heavy atom. The van der Waals surface area contributed by atoms with Crippen molar-refractivity contribution in [1.82, 2.24) is 4.90 Å². The van der Waals surface area contributed by atoms with Crippen molar-refractivity contribution in [2.75, 3.05) is 0 Å². The van der Waals surface area contributed by atoms with Crippen LogP contribution in [-0.4, -0.2) is 16.7 Å². The zero-order valence-electron chi connectivity index (χ0n) is 11.7. The molecule has 1 spiro atoms. The molecule has 3 heteroatoms. The van der Waals surface area contributed by atoms with E-state index in [4.69, 9.17) is 0 Å². The molecule has 1 saturated heterocycles. The predicted octanol–water partition coefficient (Wildman–Crippen LogP) is 2.38. The highest BCUT2D eigenvalue weighted by Crippen LogP contribution is 2.73. The van der Waals surface area contributed by atoms with Crippen LogP contribution in [0.3, 0.4) is 0 Å². The third kappa shape index (κ3) is 1.30. The first kappa shape index (κ1) is 11.7. The molecule has 0 unspecified atom stereocenters. The quantitative estimate of drug-likeness (QED) is 0.616. The first-order chi connectivity index (χ1) is 10.2. The van der Waals surface area contributed by atoms with Gasteiger partial charge in [-0.15, -0.1) is 0 Å². The lowest BCUT2D eigenvalue weighted by Gasteiger charge is -2.21. The lowest BCUT2D eigenvalue weighted by Crippen LogP contribution is -2.34. The minimum absolute atomic E-state index is 0.0666. The summed E-state index contributed by atoms with van der Waals surface area (Å²) >= 11 is 0. The second-order valence-corrected chi connectivity index (χ2v) is 6.97. The number of hydrogen-bond donors (Lipinski definition) is 0. The van der Waals surface area contributed by atoms with E-state index < -0.39 is 0 Å². The van der Waals surface area contributed by atoms with Crippen LogP contribution in [-0.2, 0) is 16.1 Å². The summed E-state index contributed by atoms with van der Waals surface area (Å²) < 4.78 is 0. The molecule has 2 amide bonds. The Morgan fingerprint density at radius 2 is 1.52 bits per heavy atom. The molecule has 106 valence electrons. The third-order valence-electron chi connectivity index (χ3n) is 6.13. The topological polar surface area (TPSA) is 37.4 Å². The first-order valence-electron chi connectivity index (χ1n) is 7.80. The average Bonchev–Trinajstić information content (AvgIpc) is 3.11. The Labute approximate surface area is 123 Å². The zero-order valence-corrected chi connectivity index (χ0v) is 11.7. The van der Waals surface area contributed by atoms with Crippen LogP contribution in [0.25, 0.3) is 0 Å². The normalized spacial score (nSPS) is 37.6. The molecule has 4 atom stereocenters. The first-order valence-corrected chi connectivity index (χ1v) is 7.80. The number of likely N-dealkylation sites (tertiary alicyclic amines) is 1. The highest BCUT2D eigenvalue weighted by atomic mass is 16.2. The highest BCUT2D eigenvalue weighted by Gasteiger charge is 2.73. The number of amides is 2. The van der Waals surface area contributed by atoms with Gasteiger partial charge in [0.05, 0.1) is 18.4 Å². The summed E-state index contributed by atoms with van der Waals surface area (Å²) in [6.45, 7) is 0.429. The minimum Gasteiger partial charge on any atom is -0.278 e. The van der Waals surface area contributed by atoms with E-state index in [1.54, 1.807) is 0 Å². The van der Waals surface area contributed by atoms with Gasteiger partial charge in [0.25, 0.3) is 0 Å². The number of fused-ring (bicyclic) bond motifs is 3. The van der Waals surface area contributed by atoms with E-state index in [0.717, 1.165) is 5.56 Å². The van der Waals surface area contributed by atoms with Crippen LogP contribution in [0, 0.1) is 29.1 Å². The van der Waals surface area contributed by atoms with E-state index in [0.29, 0.717) is 23.8 Å². The van der Waals surface area contributed by atoms with Gasteiger partial charge >= 0.3 is 0 Å². The van der Waals surface area contributed by atoms with Crippen LogP contribution in [0.4, 0.5) is 0 Å². The Balaban J connectivity index is 1.48. The maximum Gasteiger partial charge on any atom is 0.234 e. The summed E-state index contributed by atoms with van der Waals surface area (Å²) in [6.07, 6.45) is 6.83. The number of benzene rings is 1. The second-order valence-electron chi connectivity index (χ2n) is 6.97. The number of carbonyl (C=O) groups excluding carboxylic acids is 2. The van der Waals surface area contributed by atoms with Crippen LogP contribution < -0.4 is 0 Å². The fourth-order valence-electron chi connectivity index (χ4n) is 5.06. The van der Waals surface area contributed by atoms with Crippen LogP contribution in [0.2, 0.25) is 0 Å². The van der Waals surface area contributed by atoms with Crippen molar-refractivity contribution >= 4 is 11.8 Å². The molecule has 0 radical (unpaired) electrons. The average molecular weight is 279 g/mol. The largest absolute Gasteiger partial charge is 0.278 e. The second kappa shape index (κ2) is 3.65. The van der Waals surface area contributed by atoms with Gasteiger partial charge in [-0.05, 0) is 35.7 Å². The van der Waals surface area contributed by atoms with Crippen molar-refractivity contribution in [3.8, 4) is 0 Å². The number of allylic oxidation sites excluding steroid dienone is 2. The molecule has 1 aromatic carbocycles. The van der Waals surface area contributed by atoms with Gasteiger partial charge < -0.3 is 0 Å². The molecular formula is C18H17NO2. The van der Waals surface area contributed by atoms with E-state index in [9.17, 15) is 9.59 Å². The molecule has 3 nitrogen and oxygen atoms in total. The number of rotatable bonds is 2.